The van der Waals surface area contributed by atoms with E-state index in [1.165, 1.54) is 19.4 Å². The van der Waals surface area contributed by atoms with Gasteiger partial charge in [-0.25, -0.2) is 14.2 Å². The lowest BCUT2D eigenvalue weighted by molar-refractivity contribution is -0.0609. The molecule has 1 unspecified atom stereocenters. The van der Waals surface area contributed by atoms with Gasteiger partial charge < -0.3 is 25.4 Å². The Morgan fingerprint density at radius 2 is 2.00 bits per heavy atom. The first-order valence-corrected chi connectivity index (χ1v) is 11.8. The number of hydrogen-bond donors (Lipinski definition) is 3. The number of ether oxygens (including phenoxy) is 2. The standard InChI is InChI=1S/C20H24N3O10P/c1-29-19(26)12-4-2-11(3-5-12)13-7-9-30-34(28,33-13)31-10-14-16(24)17(25)18(32-14)23-8-6-15(21)22-20(23)27/h2-6,8,13-14,16-18,24-25H,7,9-10H2,1H3,(H2,21,22,27)/t13-,14-,16-,17+,18-,34?/m1/s1. The number of carbonyl (C=O) groups excluding carboxylic acids is 1. The van der Waals surface area contributed by atoms with Crippen molar-refractivity contribution < 1.29 is 42.6 Å². The number of nitrogens with zero attached hydrogens (tertiary/aromatic N) is 2. The summed E-state index contributed by atoms with van der Waals surface area (Å²) >= 11 is 0. The molecular weight excluding hydrogens is 473 g/mol. The number of aromatic nitrogens is 2. The maximum absolute atomic E-state index is 13.0. The molecule has 14 heteroatoms. The zero-order chi connectivity index (χ0) is 24.5. The molecule has 184 valence electrons. The number of methoxy groups -OCH3 is 1. The van der Waals surface area contributed by atoms with Gasteiger partial charge in [0, 0.05) is 12.6 Å². The van der Waals surface area contributed by atoms with Crippen LogP contribution in [-0.2, 0) is 27.6 Å². The molecule has 0 aliphatic carbocycles. The summed E-state index contributed by atoms with van der Waals surface area (Å²) in [6.45, 7) is -0.371. The fourth-order valence-electron chi connectivity index (χ4n) is 3.64. The van der Waals surface area contributed by atoms with E-state index in [-0.39, 0.29) is 12.4 Å². The third-order valence-electron chi connectivity index (χ3n) is 5.45. The summed E-state index contributed by atoms with van der Waals surface area (Å²) in [6.07, 6.45) is -4.28. The third kappa shape index (κ3) is 5.05. The van der Waals surface area contributed by atoms with Crippen molar-refractivity contribution in [3.05, 3.63) is 58.1 Å². The molecule has 0 amide bonds. The van der Waals surface area contributed by atoms with Crippen LogP contribution in [0.25, 0.3) is 0 Å². The van der Waals surface area contributed by atoms with Crippen molar-refractivity contribution in [2.24, 2.45) is 0 Å². The molecule has 34 heavy (non-hydrogen) atoms. The largest absolute Gasteiger partial charge is 0.475 e. The van der Waals surface area contributed by atoms with Crippen LogP contribution >= 0.6 is 7.82 Å². The normalized spacial score (nSPS) is 31.3. The van der Waals surface area contributed by atoms with Gasteiger partial charge in [0.05, 0.1) is 32.0 Å². The van der Waals surface area contributed by atoms with Crippen LogP contribution in [-0.4, -0.2) is 64.4 Å². The van der Waals surface area contributed by atoms with E-state index in [2.05, 4.69) is 9.72 Å². The van der Waals surface area contributed by atoms with Gasteiger partial charge in [-0.05, 0) is 23.8 Å². The van der Waals surface area contributed by atoms with Crippen molar-refractivity contribution in [2.75, 3.05) is 26.1 Å². The van der Waals surface area contributed by atoms with Gasteiger partial charge >= 0.3 is 19.5 Å². The summed E-state index contributed by atoms with van der Waals surface area (Å²) in [5, 5.41) is 20.7. The van der Waals surface area contributed by atoms with E-state index in [0.29, 0.717) is 17.5 Å². The Kier molecular flexibility index (Phi) is 7.14. The van der Waals surface area contributed by atoms with Crippen LogP contribution in [0.3, 0.4) is 0 Å². The summed E-state index contributed by atoms with van der Waals surface area (Å²) in [5.41, 5.74) is 5.70. The van der Waals surface area contributed by atoms with E-state index in [9.17, 15) is 24.4 Å². The van der Waals surface area contributed by atoms with E-state index in [1.54, 1.807) is 24.3 Å². The van der Waals surface area contributed by atoms with Crippen LogP contribution in [0.1, 0.15) is 34.7 Å². The minimum atomic E-state index is -4.04. The fraction of sp³-hybridized carbons (Fsp3) is 0.450. The first-order valence-electron chi connectivity index (χ1n) is 10.3. The van der Waals surface area contributed by atoms with Crippen molar-refractivity contribution in [1.29, 1.82) is 0 Å². The number of esters is 1. The average Bonchev–Trinajstić information content (AvgIpc) is 3.11. The Morgan fingerprint density at radius 1 is 1.26 bits per heavy atom. The van der Waals surface area contributed by atoms with Crippen LogP contribution in [0.4, 0.5) is 5.82 Å². The van der Waals surface area contributed by atoms with Crippen molar-refractivity contribution in [3.63, 3.8) is 0 Å². The lowest BCUT2D eigenvalue weighted by Crippen LogP contribution is -2.36. The van der Waals surface area contributed by atoms with Crippen LogP contribution < -0.4 is 11.4 Å². The first kappa shape index (κ1) is 24.5. The predicted molar refractivity (Wildman–Crippen MR) is 115 cm³/mol. The number of nitrogens with two attached hydrogens (primary N) is 1. The molecule has 2 aliphatic rings. The predicted octanol–water partition coefficient (Wildman–Crippen LogP) is 0.534. The number of phosphoric ester groups is 1. The maximum atomic E-state index is 13.0. The summed E-state index contributed by atoms with van der Waals surface area (Å²) in [4.78, 5) is 27.2. The smallest absolute Gasteiger partial charge is 0.465 e. The van der Waals surface area contributed by atoms with Crippen LogP contribution in [0.2, 0.25) is 0 Å². The van der Waals surface area contributed by atoms with E-state index in [4.69, 9.17) is 24.0 Å². The number of carbonyl (C=O) groups is 1. The summed E-state index contributed by atoms with van der Waals surface area (Å²) in [6, 6.07) is 7.76. The maximum Gasteiger partial charge on any atom is 0.475 e. The first-order chi connectivity index (χ1) is 16.2. The number of benzene rings is 1. The Morgan fingerprint density at radius 3 is 2.68 bits per heavy atom. The molecule has 2 fully saturated rings. The molecule has 2 aliphatic heterocycles. The molecule has 0 bridgehead atoms. The monoisotopic (exact) mass is 497 g/mol. The number of aliphatic hydroxyl groups excluding tert-OH is 2. The molecule has 6 atom stereocenters. The van der Waals surface area contributed by atoms with Gasteiger partial charge in [0.15, 0.2) is 6.23 Å². The molecule has 4 rings (SSSR count). The summed E-state index contributed by atoms with van der Waals surface area (Å²) < 4.78 is 40.4. The van der Waals surface area contributed by atoms with Crippen molar-refractivity contribution in [1.82, 2.24) is 9.55 Å². The minimum Gasteiger partial charge on any atom is -0.465 e. The molecule has 0 spiro atoms. The quantitative estimate of drug-likeness (QED) is 0.373. The highest BCUT2D eigenvalue weighted by Gasteiger charge is 2.46. The number of nitrogen functional groups attached to an aromatic ring is 1. The highest BCUT2D eigenvalue weighted by atomic mass is 31.2. The van der Waals surface area contributed by atoms with Crippen molar-refractivity contribution in [3.8, 4) is 0 Å². The summed E-state index contributed by atoms with van der Waals surface area (Å²) in [5.74, 6) is -0.491. The highest BCUT2D eigenvalue weighted by Crippen LogP contribution is 2.57. The summed E-state index contributed by atoms with van der Waals surface area (Å²) in [7, 11) is -2.76. The number of rotatable bonds is 6. The van der Waals surface area contributed by atoms with Crippen molar-refractivity contribution in [2.45, 2.75) is 37.1 Å². The fourth-order valence-corrected chi connectivity index (χ4v) is 5.03. The van der Waals surface area contributed by atoms with E-state index < -0.39 is 56.7 Å². The molecule has 0 radical (unpaired) electrons. The van der Waals surface area contributed by atoms with Gasteiger partial charge in [0.1, 0.15) is 24.1 Å². The van der Waals surface area contributed by atoms with Gasteiger partial charge in [0.2, 0.25) is 0 Å². The van der Waals surface area contributed by atoms with E-state index in [0.717, 1.165) is 4.57 Å². The van der Waals surface area contributed by atoms with E-state index in [1.807, 2.05) is 0 Å². The lowest BCUT2D eigenvalue weighted by Gasteiger charge is -2.29. The second-order valence-electron chi connectivity index (χ2n) is 7.66. The van der Waals surface area contributed by atoms with Crippen LogP contribution in [0.5, 0.6) is 0 Å². The van der Waals surface area contributed by atoms with Crippen molar-refractivity contribution >= 4 is 19.6 Å². The third-order valence-corrected chi connectivity index (χ3v) is 6.93. The molecule has 0 saturated carbocycles. The van der Waals surface area contributed by atoms with Crippen LogP contribution in [0, 0.1) is 0 Å². The minimum absolute atomic E-state index is 0.00616. The molecule has 2 aromatic rings. The topological polar surface area (TPSA) is 182 Å². The van der Waals surface area contributed by atoms with Gasteiger partial charge in [-0.2, -0.15) is 4.98 Å². The molecule has 1 aromatic carbocycles. The van der Waals surface area contributed by atoms with Crippen LogP contribution in [0.15, 0.2) is 41.3 Å². The molecule has 4 N–H and O–H groups in total. The average molecular weight is 497 g/mol. The Hall–Kier alpha value is -2.64. The zero-order valence-electron chi connectivity index (χ0n) is 18.1. The highest BCUT2D eigenvalue weighted by molar-refractivity contribution is 7.48. The lowest BCUT2D eigenvalue weighted by atomic mass is 10.1. The second-order valence-corrected chi connectivity index (χ2v) is 9.28. The zero-order valence-corrected chi connectivity index (χ0v) is 18.9. The Balaban J connectivity index is 1.40. The number of anilines is 1. The van der Waals surface area contributed by atoms with Gasteiger partial charge in [-0.15, -0.1) is 0 Å². The van der Waals surface area contributed by atoms with Gasteiger partial charge in [-0.3, -0.25) is 18.1 Å². The molecule has 1 aromatic heterocycles. The SMILES string of the molecule is COC(=O)c1ccc([C@H]2CCOP(=O)(OC[C@H]3O[C@@H](n4ccc(N)nc4=O)[C@@H](O)[C@@H]3O)O2)cc1. The second kappa shape index (κ2) is 9.92. The Bertz CT molecular complexity index is 1140. The van der Waals surface area contributed by atoms with Gasteiger partial charge in [0.25, 0.3) is 0 Å². The number of phosphoric acid groups is 1. The molecule has 3 heterocycles. The number of hydrogen-bond acceptors (Lipinski definition) is 12. The number of aliphatic hydroxyl groups is 2. The molecular formula is C20H24N3O10P. The van der Waals surface area contributed by atoms with Gasteiger partial charge in [-0.1, -0.05) is 12.1 Å². The van der Waals surface area contributed by atoms with E-state index >= 15 is 0 Å². The Labute approximate surface area is 193 Å². The molecule has 13 nitrogen and oxygen atoms in total. The molecule has 2 saturated heterocycles.